The van der Waals surface area contributed by atoms with Crippen LogP contribution >= 0.6 is 0 Å². The van der Waals surface area contributed by atoms with Crippen molar-refractivity contribution < 1.29 is 17.9 Å². The van der Waals surface area contributed by atoms with Gasteiger partial charge >= 0.3 is 0 Å². The number of hydrogen-bond donors (Lipinski definition) is 2. The van der Waals surface area contributed by atoms with Gasteiger partial charge in [0.15, 0.2) is 0 Å². The highest BCUT2D eigenvalue weighted by Crippen LogP contribution is 2.21. The number of fused-ring (bicyclic) bond motifs is 1. The molecule has 0 spiro atoms. The van der Waals surface area contributed by atoms with E-state index in [1.807, 2.05) is 47.1 Å². The van der Waals surface area contributed by atoms with Crippen molar-refractivity contribution in [3.63, 3.8) is 0 Å². The predicted octanol–water partition coefficient (Wildman–Crippen LogP) is 3.32. The standard InChI is InChI=1S/C23H22N4O4S/c1-16(26-32(29,30)20-12-10-19(31-2)11-13-20)23(28)24-18-8-6-17(7-9-18)21-15-27-14-4-3-5-22(27)25-21/h3-16,26H,1-2H3,(H,24,28)/t16-/m0/s1. The summed E-state index contributed by atoms with van der Waals surface area (Å²) >= 11 is 0. The van der Waals surface area contributed by atoms with Crippen molar-refractivity contribution in [3.05, 3.63) is 79.1 Å². The minimum absolute atomic E-state index is 0.0507. The minimum atomic E-state index is -3.85. The fourth-order valence-electron chi connectivity index (χ4n) is 3.16. The Morgan fingerprint density at radius 1 is 1.03 bits per heavy atom. The van der Waals surface area contributed by atoms with Crippen molar-refractivity contribution in [2.24, 2.45) is 0 Å². The zero-order valence-corrected chi connectivity index (χ0v) is 18.3. The lowest BCUT2D eigenvalue weighted by atomic mass is 10.1. The monoisotopic (exact) mass is 450 g/mol. The summed E-state index contributed by atoms with van der Waals surface area (Å²) in [6.45, 7) is 1.49. The number of hydrogen-bond acceptors (Lipinski definition) is 5. The Morgan fingerprint density at radius 3 is 2.41 bits per heavy atom. The highest BCUT2D eigenvalue weighted by Gasteiger charge is 2.22. The number of sulfonamides is 1. The molecule has 2 N–H and O–H groups in total. The summed E-state index contributed by atoms with van der Waals surface area (Å²) in [6, 6.07) is 17.9. The minimum Gasteiger partial charge on any atom is -0.497 e. The highest BCUT2D eigenvalue weighted by molar-refractivity contribution is 7.89. The maximum absolute atomic E-state index is 12.5. The van der Waals surface area contributed by atoms with Gasteiger partial charge in [-0.15, -0.1) is 0 Å². The average Bonchev–Trinajstić information content (AvgIpc) is 3.23. The van der Waals surface area contributed by atoms with Crippen molar-refractivity contribution in [2.75, 3.05) is 12.4 Å². The van der Waals surface area contributed by atoms with Crippen LogP contribution in [0, 0.1) is 0 Å². The predicted molar refractivity (Wildman–Crippen MR) is 122 cm³/mol. The number of nitrogens with zero attached hydrogens (tertiary/aromatic N) is 2. The van der Waals surface area contributed by atoms with Crippen LogP contribution in [0.5, 0.6) is 5.75 Å². The molecule has 9 heteroatoms. The molecule has 0 saturated heterocycles. The van der Waals surface area contributed by atoms with Gasteiger partial charge in [-0.1, -0.05) is 18.2 Å². The largest absolute Gasteiger partial charge is 0.497 e. The van der Waals surface area contributed by atoms with Crippen molar-refractivity contribution in [3.8, 4) is 17.0 Å². The van der Waals surface area contributed by atoms with E-state index in [0.29, 0.717) is 11.4 Å². The summed E-state index contributed by atoms with van der Waals surface area (Å²) in [5, 5.41) is 2.73. The number of aromatic nitrogens is 2. The number of methoxy groups -OCH3 is 1. The van der Waals surface area contributed by atoms with Crippen LogP contribution < -0.4 is 14.8 Å². The van der Waals surface area contributed by atoms with Crippen LogP contribution in [0.2, 0.25) is 0 Å². The Bertz CT molecular complexity index is 1310. The van der Waals surface area contributed by atoms with Gasteiger partial charge in [-0.3, -0.25) is 4.79 Å². The lowest BCUT2D eigenvalue weighted by molar-refractivity contribution is -0.117. The summed E-state index contributed by atoms with van der Waals surface area (Å²) in [4.78, 5) is 17.1. The fourth-order valence-corrected chi connectivity index (χ4v) is 4.36. The summed E-state index contributed by atoms with van der Waals surface area (Å²) in [7, 11) is -2.36. The quantitative estimate of drug-likeness (QED) is 0.450. The average molecular weight is 451 g/mol. The molecule has 2 aromatic carbocycles. The van der Waals surface area contributed by atoms with Gasteiger partial charge in [-0.2, -0.15) is 4.72 Å². The number of carbonyl (C=O) groups excluding carboxylic acids is 1. The number of carbonyl (C=O) groups is 1. The molecule has 1 atom stereocenters. The second-order valence-corrected chi connectivity index (χ2v) is 8.89. The SMILES string of the molecule is COc1ccc(S(=O)(=O)N[C@@H](C)C(=O)Nc2ccc(-c3cn4ccccc4n3)cc2)cc1. The van der Waals surface area contributed by atoms with Gasteiger partial charge in [0, 0.05) is 23.6 Å². The molecule has 0 radical (unpaired) electrons. The Morgan fingerprint density at radius 2 is 1.75 bits per heavy atom. The highest BCUT2D eigenvalue weighted by atomic mass is 32.2. The van der Waals surface area contributed by atoms with Gasteiger partial charge in [0.25, 0.3) is 0 Å². The maximum Gasteiger partial charge on any atom is 0.242 e. The first-order valence-electron chi connectivity index (χ1n) is 9.87. The molecule has 0 bridgehead atoms. The Balaban J connectivity index is 1.41. The van der Waals surface area contributed by atoms with Crippen LogP contribution in [0.3, 0.4) is 0 Å². The van der Waals surface area contributed by atoms with Crippen LogP contribution in [0.4, 0.5) is 5.69 Å². The first kappa shape index (κ1) is 21.5. The third kappa shape index (κ3) is 4.63. The molecule has 0 saturated carbocycles. The van der Waals surface area contributed by atoms with Crippen LogP contribution in [-0.2, 0) is 14.8 Å². The number of benzene rings is 2. The molecular weight excluding hydrogens is 428 g/mol. The van der Waals surface area contributed by atoms with Gasteiger partial charge in [-0.05, 0) is 55.5 Å². The normalized spacial score (nSPS) is 12.4. The van der Waals surface area contributed by atoms with Crippen LogP contribution in [0.1, 0.15) is 6.92 Å². The Hall–Kier alpha value is -3.69. The van der Waals surface area contributed by atoms with E-state index in [9.17, 15) is 13.2 Å². The fraction of sp³-hybridized carbons (Fsp3) is 0.130. The number of amides is 1. The maximum atomic E-state index is 12.5. The molecule has 0 aliphatic heterocycles. The Kier molecular flexibility index (Phi) is 5.93. The zero-order chi connectivity index (χ0) is 22.7. The van der Waals surface area contributed by atoms with E-state index in [-0.39, 0.29) is 4.90 Å². The van der Waals surface area contributed by atoms with Gasteiger partial charge < -0.3 is 14.5 Å². The summed E-state index contributed by atoms with van der Waals surface area (Å²) in [5.41, 5.74) is 3.12. The molecule has 2 heterocycles. The molecule has 4 rings (SSSR count). The third-order valence-electron chi connectivity index (χ3n) is 4.91. The number of anilines is 1. The first-order valence-corrected chi connectivity index (χ1v) is 11.4. The molecule has 0 fully saturated rings. The molecule has 164 valence electrons. The summed E-state index contributed by atoms with van der Waals surface area (Å²) < 4.78 is 34.4. The van der Waals surface area contributed by atoms with Gasteiger partial charge in [0.1, 0.15) is 11.4 Å². The second kappa shape index (κ2) is 8.81. The third-order valence-corrected chi connectivity index (χ3v) is 6.46. The molecule has 0 aliphatic rings. The van der Waals surface area contributed by atoms with Gasteiger partial charge in [0.2, 0.25) is 15.9 Å². The molecule has 1 amide bonds. The van der Waals surface area contributed by atoms with E-state index >= 15 is 0 Å². The van der Waals surface area contributed by atoms with Crippen molar-refractivity contribution in [2.45, 2.75) is 17.9 Å². The zero-order valence-electron chi connectivity index (χ0n) is 17.5. The number of ether oxygens (including phenoxy) is 1. The smallest absolute Gasteiger partial charge is 0.242 e. The molecule has 32 heavy (non-hydrogen) atoms. The lowest BCUT2D eigenvalue weighted by Gasteiger charge is -2.15. The van der Waals surface area contributed by atoms with E-state index in [4.69, 9.17) is 4.74 Å². The number of nitrogens with one attached hydrogen (secondary N) is 2. The van der Waals surface area contributed by atoms with Gasteiger partial charge in [-0.25, -0.2) is 13.4 Å². The van der Waals surface area contributed by atoms with E-state index < -0.39 is 22.0 Å². The molecular formula is C23H22N4O4S. The van der Waals surface area contributed by atoms with Crippen LogP contribution in [-0.4, -0.2) is 36.9 Å². The lowest BCUT2D eigenvalue weighted by Crippen LogP contribution is -2.41. The Labute approximate surface area is 185 Å². The van der Waals surface area contributed by atoms with E-state index in [1.54, 1.807) is 24.3 Å². The van der Waals surface area contributed by atoms with E-state index in [0.717, 1.165) is 16.9 Å². The number of pyridine rings is 1. The topological polar surface area (TPSA) is 102 Å². The number of imidazole rings is 1. The van der Waals surface area contributed by atoms with Crippen molar-refractivity contribution in [1.29, 1.82) is 0 Å². The van der Waals surface area contributed by atoms with E-state index in [2.05, 4.69) is 15.0 Å². The summed E-state index contributed by atoms with van der Waals surface area (Å²) in [5.74, 6) is 0.0735. The molecule has 2 aromatic heterocycles. The molecule has 8 nitrogen and oxygen atoms in total. The van der Waals surface area contributed by atoms with Gasteiger partial charge in [0.05, 0.1) is 23.7 Å². The van der Waals surface area contributed by atoms with Crippen molar-refractivity contribution >= 4 is 27.3 Å². The summed E-state index contributed by atoms with van der Waals surface area (Å²) in [6.07, 6.45) is 3.85. The molecule has 0 unspecified atom stereocenters. The number of rotatable bonds is 7. The molecule has 4 aromatic rings. The molecule has 0 aliphatic carbocycles. The second-order valence-electron chi connectivity index (χ2n) is 7.18. The van der Waals surface area contributed by atoms with E-state index in [1.165, 1.54) is 26.2 Å². The first-order chi connectivity index (χ1) is 15.4. The van der Waals surface area contributed by atoms with Crippen molar-refractivity contribution in [1.82, 2.24) is 14.1 Å². The van der Waals surface area contributed by atoms with Crippen LogP contribution in [0.15, 0.2) is 84.0 Å². The van der Waals surface area contributed by atoms with Crippen LogP contribution in [0.25, 0.3) is 16.9 Å².